The summed E-state index contributed by atoms with van der Waals surface area (Å²) in [7, 11) is 7.55. The molecular formula is C19H27F3N6O. The number of aryl methyl sites for hydroxylation is 1. The van der Waals surface area contributed by atoms with E-state index in [2.05, 4.69) is 25.6 Å². The smallest absolute Gasteiger partial charge is 0.422 e. The van der Waals surface area contributed by atoms with Crippen molar-refractivity contribution in [2.75, 3.05) is 34.3 Å². The van der Waals surface area contributed by atoms with Crippen molar-refractivity contribution in [3.63, 3.8) is 0 Å². The van der Waals surface area contributed by atoms with Gasteiger partial charge in [-0.25, -0.2) is 0 Å². The summed E-state index contributed by atoms with van der Waals surface area (Å²) in [5, 5.41) is 10.7. The molecule has 2 rings (SSSR count). The SMILES string of the molecule is CN=C(NCc1ccc(OCC(F)(F)F)cc1)NCC(c1cnn(C)c1)N(C)C. The van der Waals surface area contributed by atoms with E-state index in [1.165, 1.54) is 12.1 Å². The third-order valence-corrected chi connectivity index (χ3v) is 4.21. The van der Waals surface area contributed by atoms with Crippen molar-refractivity contribution in [1.82, 2.24) is 25.3 Å². The van der Waals surface area contributed by atoms with Crippen LogP contribution in [0.2, 0.25) is 0 Å². The molecule has 0 amide bonds. The lowest BCUT2D eigenvalue weighted by molar-refractivity contribution is -0.153. The minimum absolute atomic E-state index is 0.118. The molecule has 0 saturated carbocycles. The fourth-order valence-corrected chi connectivity index (χ4v) is 2.68. The molecule has 10 heteroatoms. The molecule has 2 aromatic rings. The van der Waals surface area contributed by atoms with Crippen LogP contribution in [0.5, 0.6) is 5.75 Å². The van der Waals surface area contributed by atoms with Crippen molar-refractivity contribution in [2.45, 2.75) is 18.8 Å². The molecule has 0 radical (unpaired) electrons. The van der Waals surface area contributed by atoms with Crippen molar-refractivity contribution in [2.24, 2.45) is 12.0 Å². The maximum atomic E-state index is 12.2. The topological polar surface area (TPSA) is 66.7 Å². The second-order valence-electron chi connectivity index (χ2n) is 6.78. The third kappa shape index (κ3) is 7.65. The van der Waals surface area contributed by atoms with Crippen LogP contribution in [-0.4, -0.2) is 61.1 Å². The van der Waals surface area contributed by atoms with Crippen molar-refractivity contribution >= 4 is 5.96 Å². The predicted molar refractivity (Wildman–Crippen MR) is 106 cm³/mol. The van der Waals surface area contributed by atoms with E-state index < -0.39 is 12.8 Å². The first-order valence-corrected chi connectivity index (χ1v) is 9.06. The number of alkyl halides is 3. The van der Waals surface area contributed by atoms with Crippen LogP contribution in [0.3, 0.4) is 0 Å². The number of ether oxygens (including phenoxy) is 1. The Kier molecular flexibility index (Phi) is 7.89. The van der Waals surface area contributed by atoms with Crippen LogP contribution in [0, 0.1) is 0 Å². The maximum Gasteiger partial charge on any atom is 0.422 e. The molecule has 0 aliphatic carbocycles. The molecule has 29 heavy (non-hydrogen) atoms. The van der Waals surface area contributed by atoms with Gasteiger partial charge in [-0.1, -0.05) is 12.1 Å². The highest BCUT2D eigenvalue weighted by atomic mass is 19.4. The van der Waals surface area contributed by atoms with Crippen LogP contribution in [-0.2, 0) is 13.6 Å². The minimum atomic E-state index is -4.35. The highest BCUT2D eigenvalue weighted by Gasteiger charge is 2.28. The van der Waals surface area contributed by atoms with E-state index in [4.69, 9.17) is 4.74 Å². The van der Waals surface area contributed by atoms with Gasteiger partial charge in [0.05, 0.1) is 12.2 Å². The third-order valence-electron chi connectivity index (χ3n) is 4.21. The Labute approximate surface area is 168 Å². The lowest BCUT2D eigenvalue weighted by Crippen LogP contribution is -2.41. The molecule has 0 aliphatic heterocycles. The average Bonchev–Trinajstić information content (AvgIpc) is 3.08. The Morgan fingerprint density at radius 2 is 1.93 bits per heavy atom. The summed E-state index contributed by atoms with van der Waals surface area (Å²) in [4.78, 5) is 6.31. The number of aliphatic imine (C=N–C) groups is 1. The molecule has 0 spiro atoms. The molecule has 0 bridgehead atoms. The summed E-state index contributed by atoms with van der Waals surface area (Å²) in [5.74, 6) is 0.803. The van der Waals surface area contributed by atoms with E-state index in [0.29, 0.717) is 19.0 Å². The Balaban J connectivity index is 1.85. The van der Waals surface area contributed by atoms with Gasteiger partial charge < -0.3 is 20.3 Å². The van der Waals surface area contributed by atoms with Gasteiger partial charge in [0.15, 0.2) is 12.6 Å². The molecule has 2 N–H and O–H groups in total. The molecule has 0 aliphatic rings. The second kappa shape index (κ2) is 10.1. The number of likely N-dealkylation sites (N-methyl/N-ethyl adjacent to an activating group) is 1. The van der Waals surface area contributed by atoms with Gasteiger partial charge in [-0.15, -0.1) is 0 Å². The summed E-state index contributed by atoms with van der Waals surface area (Å²) in [5.41, 5.74) is 1.98. The lowest BCUT2D eigenvalue weighted by atomic mass is 10.1. The predicted octanol–water partition coefficient (Wildman–Crippen LogP) is 2.33. The Bertz CT molecular complexity index is 786. The minimum Gasteiger partial charge on any atom is -0.484 e. The lowest BCUT2D eigenvalue weighted by Gasteiger charge is -2.24. The zero-order valence-corrected chi connectivity index (χ0v) is 17.0. The molecule has 1 heterocycles. The van der Waals surface area contributed by atoms with Crippen LogP contribution < -0.4 is 15.4 Å². The zero-order chi connectivity index (χ0) is 21.4. The summed E-state index contributed by atoms with van der Waals surface area (Å²) < 4.78 is 43.1. The summed E-state index contributed by atoms with van der Waals surface area (Å²) in [6.45, 7) is -0.202. The highest BCUT2D eigenvalue weighted by molar-refractivity contribution is 5.79. The van der Waals surface area contributed by atoms with Gasteiger partial charge in [0.2, 0.25) is 0 Å². The summed E-state index contributed by atoms with van der Waals surface area (Å²) >= 11 is 0. The number of hydrogen-bond acceptors (Lipinski definition) is 4. The van der Waals surface area contributed by atoms with Crippen molar-refractivity contribution in [1.29, 1.82) is 0 Å². The molecule has 0 saturated heterocycles. The molecule has 1 unspecified atom stereocenters. The van der Waals surface area contributed by atoms with E-state index in [0.717, 1.165) is 11.1 Å². The largest absolute Gasteiger partial charge is 0.484 e. The van der Waals surface area contributed by atoms with Gasteiger partial charge in [0.25, 0.3) is 0 Å². The first kappa shape index (κ1) is 22.5. The van der Waals surface area contributed by atoms with Gasteiger partial charge >= 0.3 is 6.18 Å². The number of guanidine groups is 1. The number of hydrogen-bond donors (Lipinski definition) is 2. The zero-order valence-electron chi connectivity index (χ0n) is 17.0. The van der Waals surface area contributed by atoms with Gasteiger partial charge in [-0.3, -0.25) is 9.67 Å². The molecule has 0 fully saturated rings. The number of aromatic nitrogens is 2. The standard InChI is InChI=1S/C19H27F3N6O/c1-23-18(25-11-17(27(2)3)15-10-26-28(4)12-15)24-9-14-5-7-16(8-6-14)29-13-19(20,21)22/h5-8,10,12,17H,9,11,13H2,1-4H3,(H2,23,24,25). The molecule has 7 nitrogen and oxygen atoms in total. The van der Waals surface area contributed by atoms with Crippen LogP contribution in [0.25, 0.3) is 0 Å². The monoisotopic (exact) mass is 412 g/mol. The van der Waals surface area contributed by atoms with Gasteiger partial charge in [0.1, 0.15) is 5.75 Å². The van der Waals surface area contributed by atoms with Gasteiger partial charge in [-0.05, 0) is 31.8 Å². The molecule has 1 atom stereocenters. The van der Waals surface area contributed by atoms with Crippen LogP contribution in [0.1, 0.15) is 17.2 Å². The number of rotatable bonds is 8. The molecule has 1 aromatic carbocycles. The Morgan fingerprint density at radius 3 is 2.45 bits per heavy atom. The Morgan fingerprint density at radius 1 is 1.24 bits per heavy atom. The van der Waals surface area contributed by atoms with E-state index >= 15 is 0 Å². The normalized spacial score (nSPS) is 13.4. The van der Waals surface area contributed by atoms with Crippen LogP contribution >= 0.6 is 0 Å². The highest BCUT2D eigenvalue weighted by Crippen LogP contribution is 2.19. The first-order chi connectivity index (χ1) is 13.7. The number of nitrogens with zero attached hydrogens (tertiary/aromatic N) is 4. The first-order valence-electron chi connectivity index (χ1n) is 9.06. The fraction of sp³-hybridized carbons (Fsp3) is 0.474. The van der Waals surface area contributed by atoms with Crippen LogP contribution in [0.4, 0.5) is 13.2 Å². The van der Waals surface area contributed by atoms with Crippen LogP contribution in [0.15, 0.2) is 41.7 Å². The quantitative estimate of drug-likeness (QED) is 0.515. The average molecular weight is 412 g/mol. The number of nitrogens with one attached hydrogen (secondary N) is 2. The summed E-state index contributed by atoms with van der Waals surface area (Å²) in [6, 6.07) is 6.58. The van der Waals surface area contributed by atoms with E-state index in [1.54, 1.807) is 23.9 Å². The fourth-order valence-electron chi connectivity index (χ4n) is 2.68. The number of benzene rings is 1. The van der Waals surface area contributed by atoms with Crippen molar-refractivity contribution in [3.8, 4) is 5.75 Å². The summed E-state index contributed by atoms with van der Waals surface area (Å²) in [6.07, 6.45) is -0.533. The van der Waals surface area contributed by atoms with Gasteiger partial charge in [0, 0.05) is 38.9 Å². The Hall–Kier alpha value is -2.75. The van der Waals surface area contributed by atoms with E-state index in [-0.39, 0.29) is 11.8 Å². The van der Waals surface area contributed by atoms with E-state index in [9.17, 15) is 13.2 Å². The van der Waals surface area contributed by atoms with Gasteiger partial charge in [-0.2, -0.15) is 18.3 Å². The second-order valence-corrected chi connectivity index (χ2v) is 6.78. The number of halogens is 3. The van der Waals surface area contributed by atoms with E-state index in [1.807, 2.05) is 33.5 Å². The molecule has 160 valence electrons. The molecule has 1 aromatic heterocycles. The van der Waals surface area contributed by atoms with Crippen molar-refractivity contribution < 1.29 is 17.9 Å². The van der Waals surface area contributed by atoms with Crippen molar-refractivity contribution in [3.05, 3.63) is 47.8 Å². The maximum absolute atomic E-state index is 12.2. The molecular weight excluding hydrogens is 385 g/mol.